The second-order valence-corrected chi connectivity index (χ2v) is 5.13. The molecule has 2 heterocycles. The van der Waals surface area contributed by atoms with Crippen molar-refractivity contribution >= 4 is 0 Å². The zero-order valence-electron chi connectivity index (χ0n) is 12.3. The first kappa shape index (κ1) is 14.3. The molecule has 0 amide bonds. The van der Waals surface area contributed by atoms with Crippen molar-refractivity contribution in [2.24, 2.45) is 0 Å². The Kier molecular flexibility index (Phi) is 3.91. The smallest absolute Gasteiger partial charge is 0.235 e. The number of halogens is 1. The Bertz CT molecular complexity index is 773. The average molecular weight is 298 g/mol. The first-order valence-corrected chi connectivity index (χ1v) is 6.97. The molecule has 0 saturated carbocycles. The first-order chi connectivity index (χ1) is 10.6. The van der Waals surface area contributed by atoms with Crippen LogP contribution in [0.2, 0.25) is 0 Å². The van der Waals surface area contributed by atoms with Crippen LogP contribution in [-0.4, -0.2) is 20.1 Å². The first-order valence-electron chi connectivity index (χ1n) is 6.97. The van der Waals surface area contributed by atoms with Gasteiger partial charge in [0.15, 0.2) is 5.82 Å². The Morgan fingerprint density at radius 1 is 1.27 bits per heavy atom. The van der Waals surface area contributed by atoms with Gasteiger partial charge in [-0.3, -0.25) is 9.97 Å². The van der Waals surface area contributed by atoms with Crippen molar-refractivity contribution < 1.29 is 8.91 Å². The highest BCUT2D eigenvalue weighted by Gasteiger charge is 2.18. The molecule has 3 aromatic rings. The molecule has 1 atom stereocenters. The number of hydrogen-bond donors (Lipinski definition) is 0. The molecular weight excluding hydrogens is 283 g/mol. The minimum absolute atomic E-state index is 0.155. The number of hydrogen-bond acceptors (Lipinski definition) is 5. The Labute approximate surface area is 127 Å². The summed E-state index contributed by atoms with van der Waals surface area (Å²) < 4.78 is 19.3. The van der Waals surface area contributed by atoms with E-state index < -0.39 is 0 Å². The van der Waals surface area contributed by atoms with Crippen LogP contribution in [0.25, 0.3) is 0 Å². The number of rotatable bonds is 4. The van der Waals surface area contributed by atoms with Gasteiger partial charge in [0.05, 0.1) is 11.6 Å². The highest BCUT2D eigenvalue weighted by molar-refractivity contribution is 5.27. The van der Waals surface area contributed by atoms with Crippen LogP contribution in [0.1, 0.15) is 41.4 Å². The number of benzene rings is 1. The quantitative estimate of drug-likeness (QED) is 0.740. The van der Waals surface area contributed by atoms with Crippen molar-refractivity contribution in [3.8, 4) is 0 Å². The van der Waals surface area contributed by atoms with Gasteiger partial charge >= 0.3 is 0 Å². The zero-order valence-corrected chi connectivity index (χ0v) is 12.3. The lowest BCUT2D eigenvalue weighted by Gasteiger charge is -2.04. The minimum Gasteiger partial charge on any atom is -0.339 e. The summed E-state index contributed by atoms with van der Waals surface area (Å²) in [5.41, 5.74) is 1.91. The Morgan fingerprint density at radius 2 is 2.14 bits per heavy atom. The fourth-order valence-corrected chi connectivity index (χ4v) is 2.19. The molecule has 0 bridgehead atoms. The number of aryl methyl sites for hydroxylation is 1. The summed E-state index contributed by atoms with van der Waals surface area (Å²) in [4.78, 5) is 12.6. The standard InChI is InChI=1S/C16H15FN4O/c1-10-4-3-5-12(15(10)17)8-14-20-16(22-21-14)11(2)13-9-18-6-7-19-13/h3-7,9,11H,8H2,1-2H3. The molecule has 0 spiro atoms. The molecule has 6 heteroatoms. The fraction of sp³-hybridized carbons (Fsp3) is 0.250. The third kappa shape index (κ3) is 2.86. The van der Waals surface area contributed by atoms with Crippen molar-refractivity contribution in [2.45, 2.75) is 26.2 Å². The Balaban J connectivity index is 1.81. The van der Waals surface area contributed by atoms with Crippen LogP contribution >= 0.6 is 0 Å². The van der Waals surface area contributed by atoms with Gasteiger partial charge in [0, 0.05) is 25.0 Å². The molecule has 3 rings (SSSR count). The van der Waals surface area contributed by atoms with E-state index >= 15 is 0 Å². The topological polar surface area (TPSA) is 64.7 Å². The van der Waals surface area contributed by atoms with Crippen LogP contribution in [0.5, 0.6) is 0 Å². The van der Waals surface area contributed by atoms with Crippen LogP contribution in [0.15, 0.2) is 41.3 Å². The van der Waals surface area contributed by atoms with Gasteiger partial charge < -0.3 is 4.52 Å². The molecule has 22 heavy (non-hydrogen) atoms. The maximum Gasteiger partial charge on any atom is 0.235 e. The van der Waals surface area contributed by atoms with Crippen LogP contribution in [0.3, 0.4) is 0 Å². The molecular formula is C16H15FN4O. The highest BCUT2D eigenvalue weighted by Crippen LogP contribution is 2.21. The second kappa shape index (κ2) is 6.01. The summed E-state index contributed by atoms with van der Waals surface area (Å²) in [6.07, 6.45) is 5.18. The Morgan fingerprint density at radius 3 is 2.91 bits per heavy atom. The summed E-state index contributed by atoms with van der Waals surface area (Å²) in [5.74, 6) is 0.520. The second-order valence-electron chi connectivity index (χ2n) is 5.13. The minimum atomic E-state index is -0.226. The SMILES string of the molecule is Cc1cccc(Cc2noc(C(C)c3cnccn3)n2)c1F. The number of nitrogens with zero attached hydrogens (tertiary/aromatic N) is 4. The van der Waals surface area contributed by atoms with Gasteiger partial charge in [0.1, 0.15) is 5.82 Å². The molecule has 0 aliphatic carbocycles. The van der Waals surface area contributed by atoms with E-state index in [0.29, 0.717) is 29.3 Å². The number of aromatic nitrogens is 4. The third-order valence-electron chi connectivity index (χ3n) is 3.50. The van der Waals surface area contributed by atoms with E-state index in [9.17, 15) is 4.39 Å². The van der Waals surface area contributed by atoms with E-state index in [1.165, 1.54) is 0 Å². The predicted octanol–water partition coefficient (Wildman–Crippen LogP) is 3.05. The van der Waals surface area contributed by atoms with Gasteiger partial charge in [-0.15, -0.1) is 0 Å². The van der Waals surface area contributed by atoms with Crippen molar-refractivity contribution in [3.05, 3.63) is 71.1 Å². The summed E-state index contributed by atoms with van der Waals surface area (Å²) in [6, 6.07) is 5.28. The normalized spacial score (nSPS) is 12.3. The molecule has 0 aliphatic heterocycles. The van der Waals surface area contributed by atoms with Gasteiger partial charge in [-0.05, 0) is 25.0 Å². The van der Waals surface area contributed by atoms with Crippen LogP contribution in [0.4, 0.5) is 4.39 Å². The lowest BCUT2D eigenvalue weighted by molar-refractivity contribution is 0.364. The van der Waals surface area contributed by atoms with E-state index in [1.807, 2.05) is 13.0 Å². The van der Waals surface area contributed by atoms with Crippen LogP contribution < -0.4 is 0 Å². The Hall–Kier alpha value is -2.63. The molecule has 0 aliphatic rings. The molecule has 0 saturated heterocycles. The highest BCUT2D eigenvalue weighted by atomic mass is 19.1. The molecule has 1 unspecified atom stereocenters. The molecule has 1 aromatic carbocycles. The average Bonchev–Trinajstić information content (AvgIpc) is 3.00. The maximum absolute atomic E-state index is 14.0. The van der Waals surface area contributed by atoms with E-state index in [-0.39, 0.29) is 11.7 Å². The molecule has 5 nitrogen and oxygen atoms in total. The lowest BCUT2D eigenvalue weighted by atomic mass is 10.1. The monoisotopic (exact) mass is 298 g/mol. The van der Waals surface area contributed by atoms with E-state index in [2.05, 4.69) is 20.1 Å². The lowest BCUT2D eigenvalue weighted by Crippen LogP contribution is -2.01. The van der Waals surface area contributed by atoms with Crippen LogP contribution in [-0.2, 0) is 6.42 Å². The molecule has 112 valence electrons. The third-order valence-corrected chi connectivity index (χ3v) is 3.50. The van der Waals surface area contributed by atoms with Crippen molar-refractivity contribution in [1.82, 2.24) is 20.1 Å². The summed E-state index contributed by atoms with van der Waals surface area (Å²) >= 11 is 0. The summed E-state index contributed by atoms with van der Waals surface area (Å²) in [6.45, 7) is 3.64. The summed E-state index contributed by atoms with van der Waals surface area (Å²) in [7, 11) is 0. The van der Waals surface area contributed by atoms with Gasteiger partial charge in [0.2, 0.25) is 5.89 Å². The van der Waals surface area contributed by atoms with Gasteiger partial charge in [0.25, 0.3) is 0 Å². The van der Waals surface area contributed by atoms with E-state index in [4.69, 9.17) is 4.52 Å². The van der Waals surface area contributed by atoms with Crippen molar-refractivity contribution in [3.63, 3.8) is 0 Å². The van der Waals surface area contributed by atoms with Gasteiger partial charge in [-0.2, -0.15) is 4.98 Å². The molecule has 0 fully saturated rings. The van der Waals surface area contributed by atoms with Crippen LogP contribution in [0, 0.1) is 12.7 Å². The van der Waals surface area contributed by atoms with E-state index in [1.54, 1.807) is 37.6 Å². The van der Waals surface area contributed by atoms with Crippen molar-refractivity contribution in [2.75, 3.05) is 0 Å². The predicted molar refractivity (Wildman–Crippen MR) is 77.8 cm³/mol. The molecule has 2 aromatic heterocycles. The summed E-state index contributed by atoms with van der Waals surface area (Å²) in [5, 5.41) is 3.93. The van der Waals surface area contributed by atoms with E-state index in [0.717, 1.165) is 5.69 Å². The zero-order chi connectivity index (χ0) is 15.5. The molecule has 0 radical (unpaired) electrons. The van der Waals surface area contributed by atoms with Crippen molar-refractivity contribution in [1.29, 1.82) is 0 Å². The van der Waals surface area contributed by atoms with Gasteiger partial charge in [-0.25, -0.2) is 4.39 Å². The molecule has 0 N–H and O–H groups in total. The van der Waals surface area contributed by atoms with Gasteiger partial charge in [-0.1, -0.05) is 23.4 Å². The largest absolute Gasteiger partial charge is 0.339 e. The maximum atomic E-state index is 14.0. The fourth-order valence-electron chi connectivity index (χ4n) is 2.19.